The molecule has 1 atom stereocenters. The van der Waals surface area contributed by atoms with Gasteiger partial charge in [0.05, 0.1) is 17.3 Å². The first-order chi connectivity index (χ1) is 10.9. The second-order valence-electron chi connectivity index (χ2n) is 6.43. The highest BCUT2D eigenvalue weighted by molar-refractivity contribution is 7.89. The Hall–Kier alpha value is -1.38. The summed E-state index contributed by atoms with van der Waals surface area (Å²) in [6, 6.07) is 1.13. The fourth-order valence-electron chi connectivity index (χ4n) is 3.50. The summed E-state index contributed by atoms with van der Waals surface area (Å²) >= 11 is 0. The lowest BCUT2D eigenvalue weighted by Crippen LogP contribution is -2.36. The first-order valence-corrected chi connectivity index (χ1v) is 9.50. The molecule has 1 aromatic rings. The fraction of sp³-hybridized carbons (Fsp3) is 0.667. The van der Waals surface area contributed by atoms with Gasteiger partial charge in [-0.25, -0.2) is 13.6 Å². The van der Waals surface area contributed by atoms with Gasteiger partial charge in [0.25, 0.3) is 15.9 Å². The first kappa shape index (κ1) is 16.5. The maximum atomic E-state index is 12.0. The van der Waals surface area contributed by atoms with Crippen LogP contribution in [0.2, 0.25) is 0 Å². The Morgan fingerprint density at radius 2 is 2.04 bits per heavy atom. The average molecular weight is 342 g/mol. The van der Waals surface area contributed by atoms with E-state index in [1.54, 1.807) is 0 Å². The summed E-state index contributed by atoms with van der Waals surface area (Å²) in [4.78, 5) is 12.0. The zero-order chi connectivity index (χ0) is 16.5. The van der Waals surface area contributed by atoms with Gasteiger partial charge in [0.1, 0.15) is 6.26 Å². The number of furan rings is 1. The molecule has 3 rings (SSSR count). The molecule has 1 aromatic heterocycles. The molecule has 0 bridgehead atoms. The van der Waals surface area contributed by atoms with Crippen LogP contribution in [0.1, 0.15) is 55.3 Å². The third kappa shape index (κ3) is 3.76. The minimum Gasteiger partial charge on any atom is -0.451 e. The van der Waals surface area contributed by atoms with Crippen molar-refractivity contribution in [2.24, 2.45) is 5.14 Å². The average Bonchev–Trinajstić information content (AvgIpc) is 3.13. The van der Waals surface area contributed by atoms with Crippen LogP contribution in [0.4, 0.5) is 0 Å². The fourth-order valence-corrected chi connectivity index (χ4v) is 3.97. The molecule has 128 valence electrons. The lowest BCUT2D eigenvalue weighted by molar-refractivity contribution is -0.0618. The number of rotatable bonds is 4. The number of carbonyl (C=O) groups excluding carboxylic acids is 1. The Morgan fingerprint density at radius 3 is 2.70 bits per heavy atom. The highest BCUT2D eigenvalue weighted by Crippen LogP contribution is 2.41. The predicted octanol–water partition coefficient (Wildman–Crippen LogP) is 1.54. The van der Waals surface area contributed by atoms with Gasteiger partial charge in [-0.15, -0.1) is 0 Å². The standard InChI is InChI=1S/C15H22N2O5S/c16-23(19,20)13-8-11(10-21-13)14(18)17-9-12-4-7-15(22-12)5-2-1-3-6-15/h8,10,12H,1-7,9H2,(H,17,18)(H2,16,19,20). The van der Waals surface area contributed by atoms with E-state index in [0.717, 1.165) is 38.0 Å². The van der Waals surface area contributed by atoms with Crippen LogP contribution in [0.3, 0.4) is 0 Å². The van der Waals surface area contributed by atoms with Crippen molar-refractivity contribution in [3.05, 3.63) is 17.9 Å². The number of nitrogens with one attached hydrogen (secondary N) is 1. The maximum Gasteiger partial charge on any atom is 0.271 e. The third-order valence-electron chi connectivity index (χ3n) is 4.71. The second kappa shape index (κ2) is 6.26. The van der Waals surface area contributed by atoms with Gasteiger partial charge in [-0.3, -0.25) is 4.79 Å². The topological polar surface area (TPSA) is 112 Å². The van der Waals surface area contributed by atoms with Crippen LogP contribution in [-0.4, -0.2) is 32.6 Å². The summed E-state index contributed by atoms with van der Waals surface area (Å²) in [5.74, 6) is -0.392. The monoisotopic (exact) mass is 342 g/mol. The highest BCUT2D eigenvalue weighted by Gasteiger charge is 2.40. The van der Waals surface area contributed by atoms with Crippen molar-refractivity contribution in [1.29, 1.82) is 0 Å². The Kier molecular flexibility index (Phi) is 4.48. The molecule has 1 aliphatic carbocycles. The molecule has 23 heavy (non-hydrogen) atoms. The number of nitrogens with two attached hydrogens (primary N) is 1. The lowest BCUT2D eigenvalue weighted by Gasteiger charge is -2.33. The van der Waals surface area contributed by atoms with Crippen molar-refractivity contribution in [3.63, 3.8) is 0 Å². The molecule has 1 amide bonds. The molecule has 1 unspecified atom stereocenters. The maximum absolute atomic E-state index is 12.0. The van der Waals surface area contributed by atoms with Crippen molar-refractivity contribution >= 4 is 15.9 Å². The number of primary sulfonamides is 1. The quantitative estimate of drug-likeness (QED) is 0.862. The van der Waals surface area contributed by atoms with E-state index < -0.39 is 21.0 Å². The molecular weight excluding hydrogens is 320 g/mol. The van der Waals surface area contributed by atoms with Crippen molar-refractivity contribution in [3.8, 4) is 0 Å². The van der Waals surface area contributed by atoms with Gasteiger partial charge >= 0.3 is 0 Å². The molecule has 1 aliphatic heterocycles. The van der Waals surface area contributed by atoms with Gasteiger partial charge in [-0.2, -0.15) is 0 Å². The summed E-state index contributed by atoms with van der Waals surface area (Å²) < 4.78 is 33.3. The van der Waals surface area contributed by atoms with Gasteiger partial charge in [0, 0.05) is 12.6 Å². The van der Waals surface area contributed by atoms with Gasteiger partial charge in [-0.05, 0) is 25.7 Å². The summed E-state index contributed by atoms with van der Waals surface area (Å²) in [5, 5.41) is 7.30. The second-order valence-corrected chi connectivity index (χ2v) is 7.92. The number of hydrogen-bond donors (Lipinski definition) is 2. The summed E-state index contributed by atoms with van der Waals surface area (Å²) in [7, 11) is -3.94. The molecule has 3 N–H and O–H groups in total. The van der Waals surface area contributed by atoms with Gasteiger partial charge in [-0.1, -0.05) is 19.3 Å². The molecule has 0 aromatic carbocycles. The zero-order valence-electron chi connectivity index (χ0n) is 12.9. The Labute approximate surface area is 135 Å². The summed E-state index contributed by atoms with van der Waals surface area (Å²) in [6.45, 7) is 0.413. The number of ether oxygens (including phenoxy) is 1. The SMILES string of the molecule is NS(=O)(=O)c1cc(C(=O)NCC2CCC3(CCCCC3)O2)co1. The van der Waals surface area contributed by atoms with E-state index >= 15 is 0 Å². The molecule has 1 saturated heterocycles. The molecular formula is C15H22N2O5S. The summed E-state index contributed by atoms with van der Waals surface area (Å²) in [5.41, 5.74) is 0.156. The van der Waals surface area contributed by atoms with Crippen molar-refractivity contribution < 1.29 is 22.4 Å². The van der Waals surface area contributed by atoms with E-state index in [9.17, 15) is 13.2 Å². The smallest absolute Gasteiger partial charge is 0.271 e. The highest BCUT2D eigenvalue weighted by atomic mass is 32.2. The molecule has 8 heteroatoms. The predicted molar refractivity (Wildman–Crippen MR) is 82.3 cm³/mol. The van der Waals surface area contributed by atoms with Crippen LogP contribution in [0.25, 0.3) is 0 Å². The van der Waals surface area contributed by atoms with Crippen LogP contribution in [0.15, 0.2) is 21.8 Å². The molecule has 1 spiro atoms. The lowest BCUT2D eigenvalue weighted by atomic mass is 9.83. The molecule has 7 nitrogen and oxygen atoms in total. The van der Waals surface area contributed by atoms with E-state index in [2.05, 4.69) is 5.32 Å². The zero-order valence-corrected chi connectivity index (χ0v) is 13.7. The van der Waals surface area contributed by atoms with Crippen molar-refractivity contribution in [2.75, 3.05) is 6.54 Å². The summed E-state index contributed by atoms with van der Waals surface area (Å²) in [6.07, 6.45) is 9.01. The molecule has 0 radical (unpaired) electrons. The van der Waals surface area contributed by atoms with E-state index in [4.69, 9.17) is 14.3 Å². The Balaban J connectivity index is 1.52. The van der Waals surface area contributed by atoms with Crippen LogP contribution < -0.4 is 10.5 Å². The Morgan fingerprint density at radius 1 is 1.30 bits per heavy atom. The van der Waals surface area contributed by atoms with Gasteiger partial charge in [0.15, 0.2) is 0 Å². The van der Waals surface area contributed by atoms with E-state index in [1.165, 1.54) is 19.3 Å². The molecule has 2 heterocycles. The third-order valence-corrected chi connectivity index (χ3v) is 5.49. The van der Waals surface area contributed by atoms with Crippen molar-refractivity contribution in [1.82, 2.24) is 5.32 Å². The molecule has 2 aliphatic rings. The molecule has 2 fully saturated rings. The van der Waals surface area contributed by atoms with Crippen LogP contribution >= 0.6 is 0 Å². The number of carbonyl (C=O) groups is 1. The number of hydrogen-bond acceptors (Lipinski definition) is 5. The minimum absolute atomic E-state index is 0.0154. The Bertz CT molecular complexity index is 676. The van der Waals surface area contributed by atoms with E-state index in [1.807, 2.05) is 0 Å². The van der Waals surface area contributed by atoms with Crippen LogP contribution in [-0.2, 0) is 14.8 Å². The van der Waals surface area contributed by atoms with Gasteiger partial charge < -0.3 is 14.5 Å². The van der Waals surface area contributed by atoms with Gasteiger partial charge in [0.2, 0.25) is 5.09 Å². The van der Waals surface area contributed by atoms with Crippen LogP contribution in [0, 0.1) is 0 Å². The van der Waals surface area contributed by atoms with E-state index in [0.29, 0.717) is 6.54 Å². The van der Waals surface area contributed by atoms with Crippen LogP contribution in [0.5, 0.6) is 0 Å². The normalized spacial score (nSPS) is 24.0. The van der Waals surface area contributed by atoms with Crippen molar-refractivity contribution in [2.45, 2.75) is 61.7 Å². The first-order valence-electron chi connectivity index (χ1n) is 7.95. The molecule has 1 saturated carbocycles. The minimum atomic E-state index is -3.94. The number of sulfonamides is 1. The van der Waals surface area contributed by atoms with E-state index in [-0.39, 0.29) is 17.3 Å². The number of amides is 1. The largest absolute Gasteiger partial charge is 0.451 e.